The lowest BCUT2D eigenvalue weighted by atomic mass is 10.1. The molecule has 1 fully saturated rings. The van der Waals surface area contributed by atoms with Gasteiger partial charge in [0.2, 0.25) is 0 Å². The minimum Gasteiger partial charge on any atom is -0.348 e. The molecule has 0 aliphatic carbocycles. The van der Waals surface area contributed by atoms with E-state index in [1.807, 2.05) is 30.3 Å². The summed E-state index contributed by atoms with van der Waals surface area (Å²) in [6, 6.07) is 9.77. The highest BCUT2D eigenvalue weighted by Gasteiger charge is 2.18. The zero-order valence-corrected chi connectivity index (χ0v) is 12.3. The number of nitrogens with one attached hydrogen (secondary N) is 2. The monoisotopic (exact) mass is 307 g/mol. The summed E-state index contributed by atoms with van der Waals surface area (Å²) in [6.07, 6.45) is 3.42. The summed E-state index contributed by atoms with van der Waals surface area (Å²) in [5.41, 5.74) is 1.20. The molecule has 112 valence electrons. The predicted octanol–water partition coefficient (Wildman–Crippen LogP) is 1.17. The lowest BCUT2D eigenvalue weighted by Crippen LogP contribution is -2.42. The molecule has 1 aliphatic heterocycles. The third kappa shape index (κ3) is 3.80. The van der Waals surface area contributed by atoms with Gasteiger partial charge >= 0.3 is 0 Å². The normalized spacial score (nSPS) is 15.2. The molecular weight excluding hydrogens is 290 g/mol. The third-order valence-electron chi connectivity index (χ3n) is 3.39. The van der Waals surface area contributed by atoms with Crippen LogP contribution in [0.5, 0.6) is 0 Å². The summed E-state index contributed by atoms with van der Waals surface area (Å²) in [5.74, 6) is -0.154. The molecule has 2 N–H and O–H groups in total. The van der Waals surface area contributed by atoms with Crippen LogP contribution in [0.25, 0.3) is 5.69 Å². The highest BCUT2D eigenvalue weighted by atomic mass is 35.5. The SMILES string of the molecule is Cl.O=C(NC1CCNCC1)c1cnn(-c2ccccc2)n1. The van der Waals surface area contributed by atoms with Gasteiger partial charge in [0.05, 0.1) is 11.9 Å². The maximum absolute atomic E-state index is 12.1. The molecule has 0 radical (unpaired) electrons. The molecule has 0 saturated carbocycles. The fourth-order valence-corrected chi connectivity index (χ4v) is 2.28. The fraction of sp³-hybridized carbons (Fsp3) is 0.357. The first-order chi connectivity index (χ1) is 9.83. The smallest absolute Gasteiger partial charge is 0.273 e. The van der Waals surface area contributed by atoms with Gasteiger partial charge in [-0.05, 0) is 38.1 Å². The van der Waals surface area contributed by atoms with E-state index in [0.717, 1.165) is 31.6 Å². The van der Waals surface area contributed by atoms with Crippen molar-refractivity contribution in [2.75, 3.05) is 13.1 Å². The number of rotatable bonds is 3. The van der Waals surface area contributed by atoms with E-state index >= 15 is 0 Å². The molecule has 1 aliphatic rings. The van der Waals surface area contributed by atoms with E-state index in [1.54, 1.807) is 0 Å². The second kappa shape index (κ2) is 7.19. The van der Waals surface area contributed by atoms with Crippen LogP contribution < -0.4 is 10.6 Å². The number of aromatic nitrogens is 3. The lowest BCUT2D eigenvalue weighted by Gasteiger charge is -2.23. The summed E-state index contributed by atoms with van der Waals surface area (Å²) in [7, 11) is 0. The van der Waals surface area contributed by atoms with Gasteiger partial charge in [0, 0.05) is 6.04 Å². The zero-order valence-electron chi connectivity index (χ0n) is 11.5. The van der Waals surface area contributed by atoms with Crippen molar-refractivity contribution in [3.63, 3.8) is 0 Å². The van der Waals surface area contributed by atoms with Crippen molar-refractivity contribution in [1.29, 1.82) is 0 Å². The van der Waals surface area contributed by atoms with Crippen molar-refractivity contribution in [3.8, 4) is 5.69 Å². The zero-order chi connectivity index (χ0) is 13.8. The number of para-hydroxylation sites is 1. The average molecular weight is 308 g/mol. The van der Waals surface area contributed by atoms with Crippen LogP contribution in [0.15, 0.2) is 36.5 Å². The van der Waals surface area contributed by atoms with Crippen LogP contribution in [-0.2, 0) is 0 Å². The molecule has 1 amide bonds. The van der Waals surface area contributed by atoms with Gasteiger partial charge in [0.25, 0.3) is 5.91 Å². The number of hydrogen-bond donors (Lipinski definition) is 2. The molecule has 7 heteroatoms. The Labute approximate surface area is 129 Å². The highest BCUT2D eigenvalue weighted by Crippen LogP contribution is 2.06. The van der Waals surface area contributed by atoms with Gasteiger partial charge in [-0.15, -0.1) is 17.5 Å². The number of carbonyl (C=O) groups is 1. The lowest BCUT2D eigenvalue weighted by molar-refractivity contribution is 0.0924. The van der Waals surface area contributed by atoms with Gasteiger partial charge in [0.1, 0.15) is 0 Å². The Morgan fingerprint density at radius 2 is 1.95 bits per heavy atom. The summed E-state index contributed by atoms with van der Waals surface area (Å²) < 4.78 is 0. The number of halogens is 1. The molecule has 21 heavy (non-hydrogen) atoms. The van der Waals surface area contributed by atoms with Crippen molar-refractivity contribution in [1.82, 2.24) is 25.6 Å². The summed E-state index contributed by atoms with van der Waals surface area (Å²) in [4.78, 5) is 13.6. The minimum atomic E-state index is -0.154. The van der Waals surface area contributed by atoms with Crippen molar-refractivity contribution >= 4 is 18.3 Å². The van der Waals surface area contributed by atoms with E-state index in [0.29, 0.717) is 5.69 Å². The molecule has 3 rings (SSSR count). The van der Waals surface area contributed by atoms with Crippen LogP contribution in [0.2, 0.25) is 0 Å². The summed E-state index contributed by atoms with van der Waals surface area (Å²) in [5, 5.41) is 14.6. The topological polar surface area (TPSA) is 71.8 Å². The molecule has 2 aromatic rings. The predicted molar refractivity (Wildman–Crippen MR) is 82.0 cm³/mol. The van der Waals surface area contributed by atoms with Crippen LogP contribution in [0.1, 0.15) is 23.3 Å². The number of piperidine rings is 1. The van der Waals surface area contributed by atoms with E-state index in [4.69, 9.17) is 0 Å². The fourth-order valence-electron chi connectivity index (χ4n) is 2.28. The number of hydrogen-bond acceptors (Lipinski definition) is 4. The summed E-state index contributed by atoms with van der Waals surface area (Å²) in [6.45, 7) is 1.89. The van der Waals surface area contributed by atoms with Crippen LogP contribution in [0.4, 0.5) is 0 Å². The molecular formula is C14H18ClN5O. The Hall–Kier alpha value is -1.92. The molecule has 6 nitrogen and oxygen atoms in total. The van der Waals surface area contributed by atoms with E-state index in [-0.39, 0.29) is 24.4 Å². The van der Waals surface area contributed by atoms with Gasteiger partial charge in [0.15, 0.2) is 5.69 Å². The highest BCUT2D eigenvalue weighted by molar-refractivity contribution is 5.92. The molecule has 0 atom stereocenters. The first-order valence-electron chi connectivity index (χ1n) is 6.82. The maximum Gasteiger partial charge on any atom is 0.273 e. The molecule has 1 aromatic carbocycles. The van der Waals surface area contributed by atoms with E-state index in [9.17, 15) is 4.79 Å². The third-order valence-corrected chi connectivity index (χ3v) is 3.39. The van der Waals surface area contributed by atoms with Crippen LogP contribution >= 0.6 is 12.4 Å². The van der Waals surface area contributed by atoms with E-state index < -0.39 is 0 Å². The van der Waals surface area contributed by atoms with Gasteiger partial charge < -0.3 is 10.6 Å². The molecule has 2 heterocycles. The first-order valence-corrected chi connectivity index (χ1v) is 6.82. The Morgan fingerprint density at radius 1 is 1.24 bits per heavy atom. The van der Waals surface area contributed by atoms with Crippen LogP contribution in [0.3, 0.4) is 0 Å². The largest absolute Gasteiger partial charge is 0.348 e. The van der Waals surface area contributed by atoms with Crippen molar-refractivity contribution in [3.05, 3.63) is 42.2 Å². The first kappa shape index (κ1) is 15.5. The van der Waals surface area contributed by atoms with Gasteiger partial charge in [-0.3, -0.25) is 4.79 Å². The molecule has 1 aromatic heterocycles. The Morgan fingerprint density at radius 3 is 2.67 bits per heavy atom. The second-order valence-electron chi connectivity index (χ2n) is 4.85. The van der Waals surface area contributed by atoms with E-state index in [2.05, 4.69) is 20.8 Å². The van der Waals surface area contributed by atoms with Gasteiger partial charge in [-0.2, -0.15) is 9.90 Å². The van der Waals surface area contributed by atoms with Crippen molar-refractivity contribution < 1.29 is 4.79 Å². The standard InChI is InChI=1S/C14H17N5O.ClH/c20-14(17-11-6-8-15-9-7-11)13-10-16-19(18-13)12-4-2-1-3-5-12;/h1-5,10-11,15H,6-9H2,(H,17,20);1H. The molecule has 1 saturated heterocycles. The Bertz CT molecular complexity index is 580. The van der Waals surface area contributed by atoms with E-state index in [1.165, 1.54) is 11.0 Å². The number of nitrogens with zero attached hydrogens (tertiary/aromatic N) is 3. The van der Waals surface area contributed by atoms with Crippen LogP contribution in [0, 0.1) is 0 Å². The Kier molecular flexibility index (Phi) is 5.30. The van der Waals surface area contributed by atoms with Crippen molar-refractivity contribution in [2.24, 2.45) is 0 Å². The number of amides is 1. The Balaban J connectivity index is 0.00000161. The number of benzene rings is 1. The minimum absolute atomic E-state index is 0. The number of carbonyl (C=O) groups excluding carboxylic acids is 1. The maximum atomic E-state index is 12.1. The van der Waals surface area contributed by atoms with Gasteiger partial charge in [-0.1, -0.05) is 18.2 Å². The van der Waals surface area contributed by atoms with Crippen LogP contribution in [-0.4, -0.2) is 40.0 Å². The quantitative estimate of drug-likeness (QED) is 0.893. The second-order valence-corrected chi connectivity index (χ2v) is 4.85. The molecule has 0 unspecified atom stereocenters. The summed E-state index contributed by atoms with van der Waals surface area (Å²) >= 11 is 0. The average Bonchev–Trinajstić information content (AvgIpc) is 2.99. The van der Waals surface area contributed by atoms with Crippen molar-refractivity contribution in [2.45, 2.75) is 18.9 Å². The molecule has 0 bridgehead atoms. The van der Waals surface area contributed by atoms with Gasteiger partial charge in [-0.25, -0.2) is 0 Å². The molecule has 0 spiro atoms.